The van der Waals surface area contributed by atoms with Crippen LogP contribution in [0.25, 0.3) is 6.58 Å². The number of rotatable bonds is 3. The third-order valence-electron chi connectivity index (χ3n) is 5.29. The lowest BCUT2D eigenvalue weighted by Gasteiger charge is -2.29. The molecule has 0 spiro atoms. The molecule has 2 nitrogen and oxygen atoms in total. The molecule has 4 aromatic rings. The third-order valence-corrected chi connectivity index (χ3v) is 5.80. The first-order chi connectivity index (χ1) is 14.6. The van der Waals surface area contributed by atoms with Gasteiger partial charge in [-0.25, -0.2) is 4.99 Å². The summed E-state index contributed by atoms with van der Waals surface area (Å²) in [7, 11) is 0. The van der Waals surface area contributed by atoms with Gasteiger partial charge in [-0.15, -0.1) is 0 Å². The van der Waals surface area contributed by atoms with E-state index in [-0.39, 0.29) is 0 Å². The fourth-order valence-electron chi connectivity index (χ4n) is 3.79. The van der Waals surface area contributed by atoms with Crippen LogP contribution < -0.4 is 15.5 Å². The second kappa shape index (κ2) is 7.64. The van der Waals surface area contributed by atoms with Gasteiger partial charge >= 0.3 is 0 Å². The first-order valence-corrected chi connectivity index (χ1v) is 10.4. The van der Waals surface area contributed by atoms with Crippen LogP contribution in [0.3, 0.4) is 0 Å². The van der Waals surface area contributed by atoms with E-state index >= 15 is 0 Å². The predicted molar refractivity (Wildman–Crippen MR) is 126 cm³/mol. The Balaban J connectivity index is 1.67. The fourth-order valence-corrected chi connectivity index (χ4v) is 4.05. The Hall–Kier alpha value is -3.07. The molecule has 0 aromatic heterocycles. The number of hydrogen-bond donors (Lipinski definition) is 0. The van der Waals surface area contributed by atoms with Gasteiger partial charge in [0.1, 0.15) is 0 Å². The average molecular weight is 429 g/mol. The van der Waals surface area contributed by atoms with Crippen molar-refractivity contribution in [1.82, 2.24) is 0 Å². The number of nitrogens with zero attached hydrogens (tertiary/aromatic N) is 2. The Morgan fingerprint density at radius 3 is 2.17 bits per heavy atom. The topological polar surface area (TPSA) is 15.6 Å². The summed E-state index contributed by atoms with van der Waals surface area (Å²) in [6, 6.07) is 28.2. The van der Waals surface area contributed by atoms with Gasteiger partial charge in [-0.2, -0.15) is 0 Å². The van der Waals surface area contributed by atoms with Crippen LogP contribution in [0.2, 0.25) is 10.0 Å². The van der Waals surface area contributed by atoms with Crippen molar-refractivity contribution in [3.63, 3.8) is 0 Å². The molecular weight excluding hydrogens is 411 g/mol. The maximum absolute atomic E-state index is 6.13. The van der Waals surface area contributed by atoms with Crippen molar-refractivity contribution in [3.05, 3.63) is 117 Å². The van der Waals surface area contributed by atoms with Gasteiger partial charge in [0.15, 0.2) is 0 Å². The minimum atomic E-state index is 0.713. The standard InChI is InChI=1S/C26H18Cl2N2/c1-17-14-26-24(16-19(17)15-18-6-8-20(27)9-7-18)29-23-4-2-3-5-25(23)30(26)22-12-10-21(28)11-13-22/h2-14,16H,1,15H2. The van der Waals surface area contributed by atoms with Gasteiger partial charge < -0.3 is 4.90 Å². The summed E-state index contributed by atoms with van der Waals surface area (Å²) < 4.78 is 0. The second-order valence-corrected chi connectivity index (χ2v) is 8.20. The van der Waals surface area contributed by atoms with Crippen LogP contribution in [-0.2, 0) is 6.42 Å². The number of halogens is 2. The van der Waals surface area contributed by atoms with Crippen LogP contribution in [0.5, 0.6) is 0 Å². The quantitative estimate of drug-likeness (QED) is 0.311. The van der Waals surface area contributed by atoms with Crippen LogP contribution in [0.15, 0.2) is 89.9 Å². The molecular formula is C26H18Cl2N2. The molecule has 0 saturated carbocycles. The fraction of sp³-hybridized carbons (Fsp3) is 0.0385. The molecule has 0 fully saturated rings. The summed E-state index contributed by atoms with van der Waals surface area (Å²) in [6.45, 7) is 4.33. The van der Waals surface area contributed by atoms with Crippen LogP contribution >= 0.6 is 23.2 Å². The smallest absolute Gasteiger partial charge is 0.0881 e. The lowest BCUT2D eigenvalue weighted by atomic mass is 10.0. The van der Waals surface area contributed by atoms with Crippen molar-refractivity contribution in [2.75, 3.05) is 4.90 Å². The lowest BCUT2D eigenvalue weighted by molar-refractivity contribution is 1.12. The summed E-state index contributed by atoms with van der Waals surface area (Å²) in [5.74, 6) is 0. The van der Waals surface area contributed by atoms with E-state index in [9.17, 15) is 0 Å². The van der Waals surface area contributed by atoms with E-state index in [0.29, 0.717) is 5.02 Å². The Labute approximate surface area is 185 Å². The van der Waals surface area contributed by atoms with Crippen LogP contribution in [0.4, 0.5) is 22.7 Å². The maximum atomic E-state index is 6.13. The van der Waals surface area contributed by atoms with Gasteiger partial charge in [-0.3, -0.25) is 0 Å². The second-order valence-electron chi connectivity index (χ2n) is 7.33. The molecule has 1 aliphatic heterocycles. The molecule has 5 rings (SSSR count). The zero-order chi connectivity index (χ0) is 20.7. The zero-order valence-corrected chi connectivity index (χ0v) is 17.7. The summed E-state index contributed by atoms with van der Waals surface area (Å²) in [5.41, 5.74) is 6.37. The summed E-state index contributed by atoms with van der Waals surface area (Å²) in [4.78, 5) is 7.16. The number of anilines is 3. The van der Waals surface area contributed by atoms with E-state index in [1.807, 2.05) is 66.7 Å². The highest BCUT2D eigenvalue weighted by Gasteiger charge is 2.21. The van der Waals surface area contributed by atoms with Gasteiger partial charge in [0.25, 0.3) is 0 Å². The minimum Gasteiger partial charge on any atom is -0.306 e. The molecule has 0 aliphatic carbocycles. The van der Waals surface area contributed by atoms with Gasteiger partial charge in [0, 0.05) is 15.7 Å². The lowest BCUT2D eigenvalue weighted by Crippen LogP contribution is -2.26. The van der Waals surface area contributed by atoms with Crippen LogP contribution in [0.1, 0.15) is 11.1 Å². The van der Waals surface area contributed by atoms with E-state index in [4.69, 9.17) is 28.2 Å². The van der Waals surface area contributed by atoms with Gasteiger partial charge in [0.05, 0.1) is 22.4 Å². The molecule has 4 aromatic carbocycles. The van der Waals surface area contributed by atoms with E-state index in [1.54, 1.807) is 0 Å². The normalized spacial score (nSPS) is 12.1. The van der Waals surface area contributed by atoms with E-state index < -0.39 is 0 Å². The highest BCUT2D eigenvalue weighted by atomic mass is 35.5. The number of para-hydroxylation sites is 2. The highest BCUT2D eigenvalue weighted by molar-refractivity contribution is 6.30. The van der Waals surface area contributed by atoms with E-state index in [1.165, 1.54) is 5.56 Å². The predicted octanol–water partition coefficient (Wildman–Crippen LogP) is 6.73. The molecule has 0 radical (unpaired) electrons. The molecule has 4 heteroatoms. The molecule has 0 saturated heterocycles. The monoisotopic (exact) mass is 428 g/mol. The molecule has 1 aliphatic rings. The first kappa shape index (κ1) is 18.9. The number of fused-ring (bicyclic) bond motifs is 2. The van der Waals surface area contributed by atoms with E-state index in [0.717, 1.165) is 50.3 Å². The van der Waals surface area contributed by atoms with Crippen molar-refractivity contribution in [1.29, 1.82) is 0 Å². The third kappa shape index (κ3) is 3.49. The Morgan fingerprint density at radius 1 is 0.767 bits per heavy atom. The molecule has 1 heterocycles. The van der Waals surface area contributed by atoms with Crippen molar-refractivity contribution in [2.45, 2.75) is 6.42 Å². The van der Waals surface area contributed by atoms with Crippen molar-refractivity contribution in [3.8, 4) is 0 Å². The molecule has 146 valence electrons. The largest absolute Gasteiger partial charge is 0.306 e. The minimum absolute atomic E-state index is 0.713. The maximum Gasteiger partial charge on any atom is 0.0881 e. The molecule has 0 N–H and O–H groups in total. The SMILES string of the molecule is C=c1cc2c(cc1Cc1ccc(Cl)cc1)=Nc1ccccc1N2c1ccc(Cl)cc1. The highest BCUT2D eigenvalue weighted by Crippen LogP contribution is 2.41. The molecule has 0 amide bonds. The molecule has 0 unspecified atom stereocenters. The number of benzene rings is 4. The summed E-state index contributed by atoms with van der Waals surface area (Å²) in [5, 5.41) is 3.37. The van der Waals surface area contributed by atoms with Crippen molar-refractivity contribution >= 4 is 52.5 Å². The van der Waals surface area contributed by atoms with Gasteiger partial charge in [-0.1, -0.05) is 54.0 Å². The summed E-state index contributed by atoms with van der Waals surface area (Å²) in [6.07, 6.45) is 0.779. The van der Waals surface area contributed by atoms with Crippen molar-refractivity contribution in [2.24, 2.45) is 4.99 Å². The molecule has 0 bridgehead atoms. The Bertz CT molecular complexity index is 1340. The molecule has 0 atom stereocenters. The van der Waals surface area contributed by atoms with E-state index in [2.05, 4.69) is 29.7 Å². The average Bonchev–Trinajstić information content (AvgIpc) is 2.75. The van der Waals surface area contributed by atoms with Gasteiger partial charge in [0.2, 0.25) is 0 Å². The van der Waals surface area contributed by atoms with Gasteiger partial charge in [-0.05, 0) is 83.4 Å². The van der Waals surface area contributed by atoms with Crippen molar-refractivity contribution < 1.29 is 0 Å². The number of hydrogen-bond acceptors (Lipinski definition) is 2. The summed E-state index contributed by atoms with van der Waals surface area (Å²) >= 11 is 12.2. The van der Waals surface area contributed by atoms with Crippen LogP contribution in [-0.4, -0.2) is 0 Å². The van der Waals surface area contributed by atoms with Crippen LogP contribution in [0, 0.1) is 0 Å². The zero-order valence-electron chi connectivity index (χ0n) is 16.1. The Kier molecular flexibility index (Phi) is 4.82. The molecule has 30 heavy (non-hydrogen) atoms. The Morgan fingerprint density at radius 2 is 1.43 bits per heavy atom. The first-order valence-electron chi connectivity index (χ1n) is 9.68.